The molecule has 4 aromatic heterocycles. The van der Waals surface area contributed by atoms with Crippen molar-refractivity contribution >= 4 is 22.9 Å². The van der Waals surface area contributed by atoms with Crippen LogP contribution in [0.1, 0.15) is 24.5 Å². The molecule has 6 heterocycles. The highest BCUT2D eigenvalue weighted by molar-refractivity contribution is 5.82. The highest BCUT2D eigenvalue weighted by atomic mass is 16.5. The lowest BCUT2D eigenvalue weighted by Crippen LogP contribution is -2.38. The fraction of sp³-hybridized carbons (Fsp3) is 0.391. The zero-order valence-electron chi connectivity index (χ0n) is 18.3. The number of nitrogens with one attached hydrogen (secondary N) is 1. The fourth-order valence-electron chi connectivity index (χ4n) is 4.74. The normalized spacial score (nSPS) is 19.2. The zero-order chi connectivity index (χ0) is 22.0. The molecule has 1 N–H and O–H groups in total. The summed E-state index contributed by atoms with van der Waals surface area (Å²) in [5.74, 6) is 1.91. The first-order chi connectivity index (χ1) is 16.4. The Labute approximate surface area is 191 Å². The second-order valence-electron chi connectivity index (χ2n) is 8.39. The van der Waals surface area contributed by atoms with Gasteiger partial charge in [-0.15, -0.1) is 0 Å². The Morgan fingerprint density at radius 3 is 2.82 bits per heavy atom. The van der Waals surface area contributed by atoms with Gasteiger partial charge in [-0.3, -0.25) is 4.98 Å². The van der Waals surface area contributed by atoms with Gasteiger partial charge in [0.25, 0.3) is 0 Å². The van der Waals surface area contributed by atoms with E-state index in [-0.39, 0.29) is 5.92 Å². The van der Waals surface area contributed by atoms with Gasteiger partial charge in [0.2, 0.25) is 5.95 Å². The van der Waals surface area contributed by atoms with Crippen LogP contribution in [0.2, 0.25) is 0 Å². The van der Waals surface area contributed by atoms with Crippen LogP contribution < -0.4 is 9.80 Å². The van der Waals surface area contributed by atoms with Gasteiger partial charge < -0.3 is 19.5 Å². The average molecular weight is 444 g/mol. The summed E-state index contributed by atoms with van der Waals surface area (Å²) in [6.45, 7) is 4.77. The standard InChI is InChI=1S/C23H25N9O/c1-3-16(11-24-5-1)18-12-25-23(31-7-9-33-10-8-31)30-19(18)17-4-2-6-32(13-17)22-20-21(27-14-26-20)28-15-29-22/h1,3,5,11-12,14-15,17H,2,4,6-10,13H2,(H,26,27,28,29)/t17-/m1/s1. The minimum absolute atomic E-state index is 0.240. The van der Waals surface area contributed by atoms with Crippen molar-refractivity contribution in [2.24, 2.45) is 0 Å². The Kier molecular flexibility index (Phi) is 5.27. The van der Waals surface area contributed by atoms with Gasteiger partial charge in [-0.2, -0.15) is 0 Å². The minimum atomic E-state index is 0.240. The van der Waals surface area contributed by atoms with Crippen molar-refractivity contribution in [1.82, 2.24) is 34.9 Å². The topological polar surface area (TPSA) is 109 Å². The van der Waals surface area contributed by atoms with E-state index < -0.39 is 0 Å². The number of nitrogens with zero attached hydrogens (tertiary/aromatic N) is 8. The third kappa shape index (κ3) is 3.86. The Bertz CT molecular complexity index is 1240. The number of H-pyrrole nitrogens is 1. The summed E-state index contributed by atoms with van der Waals surface area (Å²) in [6.07, 6.45) is 11.0. The molecular formula is C23H25N9O. The Morgan fingerprint density at radius 1 is 1.00 bits per heavy atom. The van der Waals surface area contributed by atoms with E-state index in [0.29, 0.717) is 18.9 Å². The maximum Gasteiger partial charge on any atom is 0.225 e. The maximum absolute atomic E-state index is 5.52. The molecule has 0 radical (unpaired) electrons. The number of rotatable bonds is 4. The molecule has 0 unspecified atom stereocenters. The summed E-state index contributed by atoms with van der Waals surface area (Å²) >= 11 is 0. The van der Waals surface area contributed by atoms with Crippen LogP contribution in [0, 0.1) is 0 Å². The number of aromatic nitrogens is 7. The van der Waals surface area contributed by atoms with E-state index in [1.165, 1.54) is 0 Å². The Hall–Kier alpha value is -3.66. The van der Waals surface area contributed by atoms with E-state index in [1.807, 2.05) is 18.5 Å². The molecule has 33 heavy (non-hydrogen) atoms. The number of aromatic amines is 1. The fourth-order valence-corrected chi connectivity index (χ4v) is 4.74. The second kappa shape index (κ2) is 8.70. The van der Waals surface area contributed by atoms with Gasteiger partial charge in [0.15, 0.2) is 11.5 Å². The molecular weight excluding hydrogens is 418 g/mol. The lowest BCUT2D eigenvalue weighted by atomic mass is 9.90. The second-order valence-corrected chi connectivity index (χ2v) is 8.39. The summed E-state index contributed by atoms with van der Waals surface area (Å²) in [5, 5.41) is 0. The minimum Gasteiger partial charge on any atom is -0.378 e. The van der Waals surface area contributed by atoms with Crippen LogP contribution in [0.25, 0.3) is 22.3 Å². The molecule has 0 spiro atoms. The van der Waals surface area contributed by atoms with Crippen molar-refractivity contribution < 1.29 is 4.74 Å². The molecule has 2 aliphatic rings. The van der Waals surface area contributed by atoms with Gasteiger partial charge in [-0.25, -0.2) is 24.9 Å². The number of ether oxygens (including phenoxy) is 1. The molecule has 168 valence electrons. The molecule has 0 saturated carbocycles. The van der Waals surface area contributed by atoms with Crippen LogP contribution in [0.4, 0.5) is 11.8 Å². The molecule has 0 amide bonds. The van der Waals surface area contributed by atoms with Crippen LogP contribution in [0.15, 0.2) is 43.4 Å². The molecule has 2 fully saturated rings. The number of morpholine rings is 1. The van der Waals surface area contributed by atoms with E-state index in [1.54, 1.807) is 18.9 Å². The van der Waals surface area contributed by atoms with Crippen molar-refractivity contribution in [3.05, 3.63) is 49.1 Å². The molecule has 1 atom stereocenters. The Balaban J connectivity index is 1.38. The van der Waals surface area contributed by atoms with Crippen LogP contribution >= 0.6 is 0 Å². The number of pyridine rings is 1. The van der Waals surface area contributed by atoms with E-state index in [0.717, 1.165) is 73.1 Å². The van der Waals surface area contributed by atoms with Crippen LogP contribution in [-0.4, -0.2) is 74.3 Å². The van der Waals surface area contributed by atoms with E-state index in [2.05, 4.69) is 40.8 Å². The van der Waals surface area contributed by atoms with Crippen molar-refractivity contribution in [2.75, 3.05) is 49.2 Å². The van der Waals surface area contributed by atoms with E-state index in [4.69, 9.17) is 14.7 Å². The first kappa shape index (κ1) is 20.0. The quantitative estimate of drug-likeness (QED) is 0.508. The van der Waals surface area contributed by atoms with Crippen molar-refractivity contribution in [2.45, 2.75) is 18.8 Å². The summed E-state index contributed by atoms with van der Waals surface area (Å²) in [7, 11) is 0. The van der Waals surface area contributed by atoms with E-state index >= 15 is 0 Å². The van der Waals surface area contributed by atoms with Crippen molar-refractivity contribution in [1.29, 1.82) is 0 Å². The molecule has 0 aliphatic carbocycles. The zero-order valence-corrected chi connectivity index (χ0v) is 18.3. The molecule has 10 heteroatoms. The maximum atomic E-state index is 5.52. The summed E-state index contributed by atoms with van der Waals surface area (Å²) < 4.78 is 5.52. The molecule has 2 saturated heterocycles. The molecule has 4 aromatic rings. The predicted octanol–water partition coefficient (Wildman–Crippen LogP) is 2.43. The van der Waals surface area contributed by atoms with Gasteiger partial charge >= 0.3 is 0 Å². The third-order valence-corrected chi connectivity index (χ3v) is 6.38. The summed E-state index contributed by atoms with van der Waals surface area (Å²) in [5.41, 5.74) is 4.72. The largest absolute Gasteiger partial charge is 0.378 e. The number of fused-ring (bicyclic) bond motifs is 1. The first-order valence-electron chi connectivity index (χ1n) is 11.4. The molecule has 0 aromatic carbocycles. The first-order valence-corrected chi connectivity index (χ1v) is 11.4. The monoisotopic (exact) mass is 443 g/mol. The van der Waals surface area contributed by atoms with Gasteiger partial charge in [0.1, 0.15) is 11.8 Å². The third-order valence-electron chi connectivity index (χ3n) is 6.38. The smallest absolute Gasteiger partial charge is 0.225 e. The number of imidazole rings is 1. The number of anilines is 2. The van der Waals surface area contributed by atoms with Gasteiger partial charge in [0.05, 0.1) is 25.2 Å². The van der Waals surface area contributed by atoms with Crippen LogP contribution in [0.5, 0.6) is 0 Å². The Morgan fingerprint density at radius 2 is 1.94 bits per heavy atom. The predicted molar refractivity (Wildman–Crippen MR) is 124 cm³/mol. The molecule has 0 bridgehead atoms. The van der Waals surface area contributed by atoms with E-state index in [9.17, 15) is 0 Å². The molecule has 6 rings (SSSR count). The average Bonchev–Trinajstić information content (AvgIpc) is 3.39. The summed E-state index contributed by atoms with van der Waals surface area (Å²) in [4.78, 5) is 35.1. The van der Waals surface area contributed by atoms with Gasteiger partial charge in [-0.05, 0) is 18.9 Å². The van der Waals surface area contributed by atoms with Gasteiger partial charge in [0, 0.05) is 61.8 Å². The lowest BCUT2D eigenvalue weighted by molar-refractivity contribution is 0.122. The summed E-state index contributed by atoms with van der Waals surface area (Å²) in [6, 6.07) is 4.03. The number of hydrogen-bond acceptors (Lipinski definition) is 9. The SMILES string of the molecule is c1cncc(-c2cnc(N3CCOCC3)nc2[C@@H]2CCCN(c3ncnc4nc[nH]c34)C2)c1. The van der Waals surface area contributed by atoms with Crippen LogP contribution in [0.3, 0.4) is 0 Å². The van der Waals surface area contributed by atoms with Crippen molar-refractivity contribution in [3.63, 3.8) is 0 Å². The van der Waals surface area contributed by atoms with Crippen LogP contribution in [-0.2, 0) is 4.74 Å². The highest BCUT2D eigenvalue weighted by Crippen LogP contribution is 2.35. The molecule has 2 aliphatic heterocycles. The number of hydrogen-bond donors (Lipinski definition) is 1. The molecule has 10 nitrogen and oxygen atoms in total. The van der Waals surface area contributed by atoms with Gasteiger partial charge in [-0.1, -0.05) is 6.07 Å². The number of piperidine rings is 1. The van der Waals surface area contributed by atoms with Crippen molar-refractivity contribution in [3.8, 4) is 11.1 Å². The highest BCUT2D eigenvalue weighted by Gasteiger charge is 2.28. The lowest BCUT2D eigenvalue weighted by Gasteiger charge is -2.34.